The third-order valence-corrected chi connectivity index (χ3v) is 8.66. The smallest absolute Gasteiger partial charge is 0.295 e. The Balaban J connectivity index is 1.20. The molecule has 2 aliphatic rings. The van der Waals surface area contributed by atoms with Gasteiger partial charge in [-0.25, -0.2) is 13.8 Å². The summed E-state index contributed by atoms with van der Waals surface area (Å²) in [6.45, 7) is -0.363. The van der Waals surface area contributed by atoms with E-state index >= 15 is 8.78 Å². The maximum absolute atomic E-state index is 15.7. The van der Waals surface area contributed by atoms with Crippen LogP contribution < -0.4 is 15.6 Å². The van der Waals surface area contributed by atoms with E-state index in [1.807, 2.05) is 42.5 Å². The number of hydrogen-bond acceptors (Lipinski definition) is 6. The van der Waals surface area contributed by atoms with Crippen molar-refractivity contribution in [1.82, 2.24) is 24.3 Å². The number of ether oxygens (including phenoxy) is 1. The Bertz CT molecular complexity index is 1640. The molecule has 6 rings (SSSR count). The number of likely N-dealkylation sites (tertiary alicyclic amines) is 1. The first-order valence-corrected chi connectivity index (χ1v) is 14.1. The van der Waals surface area contributed by atoms with Crippen LogP contribution in [0.2, 0.25) is 0 Å². The summed E-state index contributed by atoms with van der Waals surface area (Å²) in [5, 5.41) is 14.8. The number of carbonyl (C=O) groups excluding carboxylic acids is 1. The van der Waals surface area contributed by atoms with E-state index in [1.165, 1.54) is 11.2 Å². The summed E-state index contributed by atoms with van der Waals surface area (Å²) in [6.07, 6.45) is 3.05. The van der Waals surface area contributed by atoms with Crippen molar-refractivity contribution < 1.29 is 23.4 Å². The average molecular weight is 578 g/mol. The van der Waals surface area contributed by atoms with Gasteiger partial charge in [0.15, 0.2) is 5.65 Å². The van der Waals surface area contributed by atoms with Gasteiger partial charge >= 0.3 is 0 Å². The minimum absolute atomic E-state index is 0.0331. The molecule has 3 atom stereocenters. The molecule has 3 unspecified atom stereocenters. The standard InChI is InChI=1S/C31H33F2N5O4/c1-42-23-9-7-22(8-10-23)38-15-12-25-27(38)35-20-37(29(25)40)18-30(41)13-16-36(19-31(30,32)33)28(39)24-11-14-34-17-26(24)21-5-3-2-4-6-21/h2-10,12,15,20,24,26,34,41H,11,13-14,16-19H2,1H3. The van der Waals surface area contributed by atoms with Crippen LogP contribution >= 0.6 is 0 Å². The molecule has 1 amide bonds. The van der Waals surface area contributed by atoms with Gasteiger partial charge in [-0.15, -0.1) is 0 Å². The van der Waals surface area contributed by atoms with Gasteiger partial charge in [-0.2, -0.15) is 0 Å². The Labute approximate surface area is 241 Å². The molecular weight excluding hydrogens is 544 g/mol. The van der Waals surface area contributed by atoms with Crippen LogP contribution in [0.15, 0.2) is 78.0 Å². The van der Waals surface area contributed by atoms with Crippen molar-refractivity contribution in [1.29, 1.82) is 0 Å². The highest BCUT2D eigenvalue weighted by Crippen LogP contribution is 2.40. The molecule has 0 saturated carbocycles. The largest absolute Gasteiger partial charge is 0.497 e. The summed E-state index contributed by atoms with van der Waals surface area (Å²) in [6, 6.07) is 18.4. The third kappa shape index (κ3) is 4.96. The molecule has 9 nitrogen and oxygen atoms in total. The molecule has 2 N–H and O–H groups in total. The molecule has 0 spiro atoms. The van der Waals surface area contributed by atoms with Crippen molar-refractivity contribution in [2.24, 2.45) is 5.92 Å². The van der Waals surface area contributed by atoms with E-state index in [2.05, 4.69) is 10.3 Å². The van der Waals surface area contributed by atoms with Gasteiger partial charge in [-0.3, -0.25) is 14.2 Å². The summed E-state index contributed by atoms with van der Waals surface area (Å²) in [5.41, 5.74) is -0.938. The molecule has 220 valence electrons. The first-order chi connectivity index (χ1) is 20.2. The Morgan fingerprint density at radius 3 is 2.62 bits per heavy atom. The number of hydrogen-bond donors (Lipinski definition) is 2. The molecule has 2 aromatic heterocycles. The van der Waals surface area contributed by atoms with E-state index < -0.39 is 36.1 Å². The summed E-state index contributed by atoms with van der Waals surface area (Å²) < 4.78 is 39.3. The number of nitrogens with one attached hydrogen (secondary N) is 1. The Kier molecular flexibility index (Phi) is 7.32. The second-order valence-electron chi connectivity index (χ2n) is 11.2. The van der Waals surface area contributed by atoms with E-state index in [-0.39, 0.29) is 30.2 Å². The van der Waals surface area contributed by atoms with Gasteiger partial charge in [-0.1, -0.05) is 30.3 Å². The first kappa shape index (κ1) is 28.0. The van der Waals surface area contributed by atoms with Gasteiger partial charge in [0.1, 0.15) is 17.7 Å². The van der Waals surface area contributed by atoms with Crippen molar-refractivity contribution in [3.63, 3.8) is 0 Å². The summed E-state index contributed by atoms with van der Waals surface area (Å²) in [7, 11) is 1.57. The number of halogens is 2. The van der Waals surface area contributed by atoms with Crippen molar-refractivity contribution >= 4 is 16.9 Å². The minimum Gasteiger partial charge on any atom is -0.497 e. The van der Waals surface area contributed by atoms with Gasteiger partial charge in [0.2, 0.25) is 5.91 Å². The van der Waals surface area contributed by atoms with E-state index in [9.17, 15) is 14.7 Å². The highest BCUT2D eigenvalue weighted by Gasteiger charge is 2.57. The molecular formula is C31H33F2N5O4. The van der Waals surface area contributed by atoms with E-state index in [4.69, 9.17) is 4.74 Å². The quantitative estimate of drug-likeness (QED) is 0.365. The van der Waals surface area contributed by atoms with Crippen LogP contribution in [-0.2, 0) is 11.3 Å². The number of benzene rings is 2. The van der Waals surface area contributed by atoms with Gasteiger partial charge in [0.05, 0.1) is 25.6 Å². The number of piperidine rings is 2. The number of nitrogens with zero attached hydrogens (tertiary/aromatic N) is 4. The lowest BCUT2D eigenvalue weighted by Gasteiger charge is -2.46. The van der Waals surface area contributed by atoms with Crippen LogP contribution in [0.25, 0.3) is 16.7 Å². The fourth-order valence-corrected chi connectivity index (χ4v) is 6.19. The fraction of sp³-hybridized carbons (Fsp3) is 0.387. The summed E-state index contributed by atoms with van der Waals surface area (Å²) in [5.74, 6) is -3.84. The Morgan fingerprint density at radius 2 is 1.90 bits per heavy atom. The van der Waals surface area contributed by atoms with Crippen LogP contribution in [0, 0.1) is 5.92 Å². The SMILES string of the molecule is COc1ccc(-n2ccc3c(=O)n(CC4(O)CCN(C(=O)C5CCNCC5c5ccccc5)CC4(F)F)cnc32)cc1. The molecule has 4 aromatic rings. The monoisotopic (exact) mass is 577 g/mol. The normalized spacial score (nSPS) is 24.0. The molecule has 2 aromatic carbocycles. The topological polar surface area (TPSA) is 102 Å². The molecule has 2 aliphatic heterocycles. The van der Waals surface area contributed by atoms with Gasteiger partial charge in [-0.05, 0) is 48.9 Å². The maximum Gasteiger partial charge on any atom is 0.295 e. The Morgan fingerprint density at radius 1 is 1.14 bits per heavy atom. The van der Waals surface area contributed by atoms with Crippen molar-refractivity contribution in [3.8, 4) is 11.4 Å². The predicted octanol–water partition coefficient (Wildman–Crippen LogP) is 3.19. The first-order valence-electron chi connectivity index (χ1n) is 14.1. The summed E-state index contributed by atoms with van der Waals surface area (Å²) in [4.78, 5) is 32.4. The predicted molar refractivity (Wildman–Crippen MR) is 153 cm³/mol. The van der Waals surface area contributed by atoms with E-state index in [0.717, 1.165) is 15.8 Å². The molecule has 11 heteroatoms. The number of rotatable bonds is 6. The molecule has 0 radical (unpaired) electrons. The van der Waals surface area contributed by atoms with E-state index in [1.54, 1.807) is 36.1 Å². The number of aromatic nitrogens is 3. The zero-order chi connectivity index (χ0) is 29.5. The lowest BCUT2D eigenvalue weighted by Crippen LogP contribution is -2.64. The van der Waals surface area contributed by atoms with Crippen LogP contribution in [0.3, 0.4) is 0 Å². The molecule has 2 fully saturated rings. The van der Waals surface area contributed by atoms with Crippen LogP contribution in [0.5, 0.6) is 5.75 Å². The van der Waals surface area contributed by atoms with Crippen LogP contribution in [0.1, 0.15) is 24.3 Å². The molecule has 2 saturated heterocycles. The second-order valence-corrected chi connectivity index (χ2v) is 11.2. The number of amides is 1. The number of methoxy groups -OCH3 is 1. The second kappa shape index (κ2) is 11.0. The molecule has 42 heavy (non-hydrogen) atoms. The highest BCUT2D eigenvalue weighted by atomic mass is 19.3. The van der Waals surface area contributed by atoms with Crippen molar-refractivity contribution in [3.05, 3.63) is 89.1 Å². The van der Waals surface area contributed by atoms with E-state index in [0.29, 0.717) is 30.9 Å². The van der Waals surface area contributed by atoms with Gasteiger partial charge in [0, 0.05) is 43.2 Å². The lowest BCUT2D eigenvalue weighted by molar-refractivity contribution is -0.223. The third-order valence-electron chi connectivity index (χ3n) is 8.66. The van der Waals surface area contributed by atoms with Gasteiger partial charge < -0.3 is 24.6 Å². The molecule has 0 bridgehead atoms. The van der Waals surface area contributed by atoms with Gasteiger partial charge in [0.25, 0.3) is 11.5 Å². The van der Waals surface area contributed by atoms with Crippen LogP contribution in [-0.4, -0.2) is 74.8 Å². The fourth-order valence-electron chi connectivity index (χ4n) is 6.19. The number of alkyl halides is 2. The number of fused-ring (bicyclic) bond motifs is 1. The maximum atomic E-state index is 15.7. The zero-order valence-corrected chi connectivity index (χ0v) is 23.2. The average Bonchev–Trinajstić information content (AvgIpc) is 3.45. The minimum atomic E-state index is -3.64. The number of aliphatic hydroxyl groups is 1. The van der Waals surface area contributed by atoms with Crippen molar-refractivity contribution in [2.45, 2.75) is 36.8 Å². The molecule has 4 heterocycles. The summed E-state index contributed by atoms with van der Waals surface area (Å²) >= 11 is 0. The Hall–Kier alpha value is -4.09. The van der Waals surface area contributed by atoms with Crippen molar-refractivity contribution in [2.75, 3.05) is 33.3 Å². The lowest BCUT2D eigenvalue weighted by atomic mass is 9.79. The van der Waals surface area contributed by atoms with Crippen LogP contribution in [0.4, 0.5) is 8.78 Å². The number of carbonyl (C=O) groups is 1. The zero-order valence-electron chi connectivity index (χ0n) is 23.2. The highest BCUT2D eigenvalue weighted by molar-refractivity contribution is 5.80. The molecule has 0 aliphatic carbocycles.